The van der Waals surface area contributed by atoms with Crippen LogP contribution < -0.4 is 19.5 Å². The van der Waals surface area contributed by atoms with Crippen molar-refractivity contribution >= 4 is 5.96 Å². The Kier molecular flexibility index (Phi) is 6.38. The molecule has 0 spiro atoms. The molecule has 3 aliphatic heterocycles. The number of fused-ring (bicyclic) bond motifs is 1. The lowest BCUT2D eigenvalue weighted by Gasteiger charge is -2.37. The maximum atomic E-state index is 5.94. The van der Waals surface area contributed by atoms with Gasteiger partial charge in [0.1, 0.15) is 18.5 Å². The van der Waals surface area contributed by atoms with Crippen molar-refractivity contribution in [2.45, 2.75) is 32.0 Å². The van der Waals surface area contributed by atoms with E-state index in [2.05, 4.69) is 17.1 Å². The molecule has 2 saturated heterocycles. The minimum absolute atomic E-state index is 0.116. The molecule has 2 atom stereocenters. The van der Waals surface area contributed by atoms with Crippen LogP contribution in [-0.2, 0) is 9.47 Å². The minimum Gasteiger partial charge on any atom is -0.492 e. The van der Waals surface area contributed by atoms with Gasteiger partial charge in [0.05, 0.1) is 19.3 Å². The monoisotopic (exact) mass is 391 g/mol. The Morgan fingerprint density at radius 3 is 2.96 bits per heavy atom. The third kappa shape index (κ3) is 4.62. The van der Waals surface area contributed by atoms with E-state index in [1.807, 2.05) is 18.2 Å². The molecular weight excluding hydrogens is 362 g/mol. The summed E-state index contributed by atoms with van der Waals surface area (Å²) in [5, 5.41) is 3.38. The van der Waals surface area contributed by atoms with Crippen LogP contribution in [0.15, 0.2) is 23.2 Å². The van der Waals surface area contributed by atoms with Crippen LogP contribution in [-0.4, -0.2) is 75.9 Å². The Balaban J connectivity index is 1.30. The second kappa shape index (κ2) is 9.34. The summed E-state index contributed by atoms with van der Waals surface area (Å²) in [6, 6.07) is 5.60. The molecule has 0 bridgehead atoms. The molecule has 1 aromatic carbocycles. The van der Waals surface area contributed by atoms with Crippen molar-refractivity contribution in [1.29, 1.82) is 0 Å². The molecule has 8 nitrogen and oxygen atoms in total. The van der Waals surface area contributed by atoms with E-state index in [-0.39, 0.29) is 19.0 Å². The van der Waals surface area contributed by atoms with Gasteiger partial charge in [-0.1, -0.05) is 0 Å². The van der Waals surface area contributed by atoms with E-state index >= 15 is 0 Å². The van der Waals surface area contributed by atoms with Gasteiger partial charge in [-0.3, -0.25) is 0 Å². The van der Waals surface area contributed by atoms with Gasteiger partial charge in [0.25, 0.3) is 0 Å². The average molecular weight is 391 g/mol. The van der Waals surface area contributed by atoms with Crippen molar-refractivity contribution in [3.63, 3.8) is 0 Å². The Morgan fingerprint density at radius 1 is 1.21 bits per heavy atom. The molecule has 0 aliphatic carbocycles. The van der Waals surface area contributed by atoms with Gasteiger partial charge < -0.3 is 33.9 Å². The number of hydrogen-bond acceptors (Lipinski definition) is 6. The summed E-state index contributed by atoms with van der Waals surface area (Å²) in [6.45, 7) is 7.41. The first-order valence-electron chi connectivity index (χ1n) is 10.1. The molecule has 1 N–H and O–H groups in total. The molecule has 154 valence electrons. The van der Waals surface area contributed by atoms with Crippen LogP contribution in [0.3, 0.4) is 0 Å². The quantitative estimate of drug-likeness (QED) is 0.449. The van der Waals surface area contributed by atoms with Crippen LogP contribution in [0.5, 0.6) is 17.2 Å². The molecule has 0 aromatic heterocycles. The second-order valence-electron chi connectivity index (χ2n) is 7.01. The Hall–Kier alpha value is -2.19. The second-order valence-corrected chi connectivity index (χ2v) is 7.01. The summed E-state index contributed by atoms with van der Waals surface area (Å²) in [5.41, 5.74) is 0. The molecule has 3 heterocycles. The van der Waals surface area contributed by atoms with Crippen LogP contribution >= 0.6 is 0 Å². The Morgan fingerprint density at radius 2 is 2.11 bits per heavy atom. The summed E-state index contributed by atoms with van der Waals surface area (Å²) in [4.78, 5) is 7.00. The fraction of sp³-hybridized carbons (Fsp3) is 0.650. The topological polar surface area (TPSA) is 73.8 Å². The first-order chi connectivity index (χ1) is 13.8. The molecule has 2 fully saturated rings. The Bertz CT molecular complexity index is 678. The van der Waals surface area contributed by atoms with Gasteiger partial charge >= 0.3 is 0 Å². The number of nitrogens with one attached hydrogen (secondary N) is 1. The highest BCUT2D eigenvalue weighted by atomic mass is 16.7. The van der Waals surface area contributed by atoms with Crippen molar-refractivity contribution in [2.24, 2.45) is 4.99 Å². The zero-order valence-corrected chi connectivity index (χ0v) is 16.4. The van der Waals surface area contributed by atoms with Crippen LogP contribution in [0.2, 0.25) is 0 Å². The zero-order valence-electron chi connectivity index (χ0n) is 16.4. The predicted octanol–water partition coefficient (Wildman–Crippen LogP) is 1.64. The molecule has 0 amide bonds. The fourth-order valence-electron chi connectivity index (χ4n) is 3.70. The van der Waals surface area contributed by atoms with Crippen LogP contribution in [0.4, 0.5) is 0 Å². The number of rotatable bonds is 6. The van der Waals surface area contributed by atoms with E-state index in [9.17, 15) is 0 Å². The molecule has 3 aliphatic rings. The smallest absolute Gasteiger partial charge is 0.231 e. The molecular formula is C20H29N3O5. The molecule has 2 unspecified atom stereocenters. The molecule has 8 heteroatoms. The maximum absolute atomic E-state index is 5.94. The molecule has 0 saturated carbocycles. The molecule has 28 heavy (non-hydrogen) atoms. The SMILES string of the molecule is CCNC(=NCCOc1ccc2c(c1)OCO2)N1CCOC(C2CCCO2)C1. The highest BCUT2D eigenvalue weighted by molar-refractivity contribution is 5.80. The van der Waals surface area contributed by atoms with Gasteiger partial charge in [0, 0.05) is 32.3 Å². The summed E-state index contributed by atoms with van der Waals surface area (Å²) in [7, 11) is 0. The third-order valence-corrected chi connectivity index (χ3v) is 5.07. The highest BCUT2D eigenvalue weighted by Gasteiger charge is 2.32. The number of morpholine rings is 1. The number of benzene rings is 1. The standard InChI is InChI=1S/C20H29N3O5/c1-2-21-20(23-8-11-26-19(13-23)16-4-3-9-25-16)22-7-10-24-15-5-6-17-18(12-15)28-14-27-17/h5-6,12,16,19H,2-4,7-11,13-14H2,1H3,(H,21,22). The van der Waals surface area contributed by atoms with Crippen LogP contribution in [0.25, 0.3) is 0 Å². The molecule has 1 aromatic rings. The summed E-state index contributed by atoms with van der Waals surface area (Å²) < 4.78 is 28.3. The largest absolute Gasteiger partial charge is 0.492 e. The van der Waals surface area contributed by atoms with Gasteiger partial charge in [0.15, 0.2) is 17.5 Å². The average Bonchev–Trinajstić information content (AvgIpc) is 3.42. The number of ether oxygens (including phenoxy) is 5. The lowest BCUT2D eigenvalue weighted by Crippen LogP contribution is -2.53. The first-order valence-corrected chi connectivity index (χ1v) is 10.1. The number of hydrogen-bond donors (Lipinski definition) is 1. The van der Waals surface area contributed by atoms with Gasteiger partial charge in [-0.25, -0.2) is 4.99 Å². The summed E-state index contributed by atoms with van der Waals surface area (Å²) in [5.74, 6) is 3.15. The van der Waals surface area contributed by atoms with Crippen LogP contribution in [0.1, 0.15) is 19.8 Å². The first kappa shape index (κ1) is 19.1. The number of guanidine groups is 1. The lowest BCUT2D eigenvalue weighted by molar-refractivity contribution is -0.0817. The van der Waals surface area contributed by atoms with E-state index in [1.165, 1.54) is 0 Å². The summed E-state index contributed by atoms with van der Waals surface area (Å²) in [6.07, 6.45) is 2.52. The number of nitrogens with zero attached hydrogens (tertiary/aromatic N) is 2. The normalized spacial score (nSPS) is 24.5. The van der Waals surface area contributed by atoms with Gasteiger partial charge in [-0.2, -0.15) is 0 Å². The predicted molar refractivity (Wildman–Crippen MR) is 104 cm³/mol. The lowest BCUT2D eigenvalue weighted by atomic mass is 10.1. The van der Waals surface area contributed by atoms with Crippen LogP contribution in [0, 0.1) is 0 Å². The fourth-order valence-corrected chi connectivity index (χ4v) is 3.70. The van der Waals surface area contributed by atoms with Crippen molar-refractivity contribution < 1.29 is 23.7 Å². The van der Waals surface area contributed by atoms with E-state index < -0.39 is 0 Å². The van der Waals surface area contributed by atoms with E-state index in [0.717, 1.165) is 62.3 Å². The van der Waals surface area contributed by atoms with Crippen molar-refractivity contribution in [1.82, 2.24) is 10.2 Å². The molecule has 4 rings (SSSR count). The van der Waals surface area contributed by atoms with E-state index in [0.29, 0.717) is 19.8 Å². The van der Waals surface area contributed by atoms with Crippen molar-refractivity contribution in [3.05, 3.63) is 18.2 Å². The maximum Gasteiger partial charge on any atom is 0.231 e. The molecule has 0 radical (unpaired) electrons. The highest BCUT2D eigenvalue weighted by Crippen LogP contribution is 2.35. The van der Waals surface area contributed by atoms with Gasteiger partial charge in [-0.05, 0) is 31.9 Å². The van der Waals surface area contributed by atoms with Gasteiger partial charge in [0.2, 0.25) is 6.79 Å². The van der Waals surface area contributed by atoms with Crippen molar-refractivity contribution in [2.75, 3.05) is 52.8 Å². The third-order valence-electron chi connectivity index (χ3n) is 5.07. The Labute approximate surface area is 165 Å². The number of aliphatic imine (C=N–C) groups is 1. The minimum atomic E-state index is 0.116. The van der Waals surface area contributed by atoms with Gasteiger partial charge in [-0.15, -0.1) is 0 Å². The van der Waals surface area contributed by atoms with Crippen molar-refractivity contribution in [3.8, 4) is 17.2 Å². The summed E-state index contributed by atoms with van der Waals surface area (Å²) >= 11 is 0. The van der Waals surface area contributed by atoms with E-state index in [4.69, 9.17) is 28.7 Å². The van der Waals surface area contributed by atoms with E-state index in [1.54, 1.807) is 0 Å². The zero-order chi connectivity index (χ0) is 19.2.